The standard InChI is InChI=1S/C8H16N2O2S/c1-3-7-5-4-6-8(7)9-10-13(2,11)12/h7,10H,3-6H2,1-2H3/b9-8-. The number of hydrazone groups is 1. The minimum atomic E-state index is -3.18. The lowest BCUT2D eigenvalue weighted by Gasteiger charge is -2.06. The molecule has 1 aliphatic rings. The Morgan fingerprint density at radius 1 is 1.62 bits per heavy atom. The van der Waals surface area contributed by atoms with Crippen LogP contribution in [-0.2, 0) is 10.0 Å². The van der Waals surface area contributed by atoms with Crippen LogP contribution in [0.3, 0.4) is 0 Å². The summed E-state index contributed by atoms with van der Waals surface area (Å²) in [5.41, 5.74) is 1.01. The number of nitrogens with one attached hydrogen (secondary N) is 1. The van der Waals surface area contributed by atoms with Crippen LogP contribution in [0.5, 0.6) is 0 Å². The van der Waals surface area contributed by atoms with E-state index in [0.717, 1.165) is 37.7 Å². The zero-order valence-electron chi connectivity index (χ0n) is 8.08. The zero-order chi connectivity index (χ0) is 9.90. The molecule has 76 valence electrons. The fourth-order valence-electron chi connectivity index (χ4n) is 1.63. The molecule has 0 heterocycles. The Kier molecular flexibility index (Phi) is 3.30. The van der Waals surface area contributed by atoms with Crippen molar-refractivity contribution in [3.8, 4) is 0 Å². The van der Waals surface area contributed by atoms with Gasteiger partial charge in [0.15, 0.2) is 0 Å². The van der Waals surface area contributed by atoms with E-state index in [1.165, 1.54) is 0 Å². The number of sulfonamides is 1. The summed E-state index contributed by atoms with van der Waals surface area (Å²) in [7, 11) is -3.18. The van der Waals surface area contributed by atoms with E-state index in [1.807, 2.05) is 0 Å². The molecule has 0 aromatic carbocycles. The maximum atomic E-state index is 10.8. The molecular weight excluding hydrogens is 188 g/mol. The molecule has 0 amide bonds. The van der Waals surface area contributed by atoms with E-state index in [-0.39, 0.29) is 0 Å². The Morgan fingerprint density at radius 3 is 2.85 bits per heavy atom. The number of nitrogens with zero attached hydrogens (tertiary/aromatic N) is 1. The van der Waals surface area contributed by atoms with Gasteiger partial charge in [-0.2, -0.15) is 5.10 Å². The highest BCUT2D eigenvalue weighted by Crippen LogP contribution is 2.24. The molecule has 13 heavy (non-hydrogen) atoms. The van der Waals surface area contributed by atoms with Crippen LogP contribution in [0.1, 0.15) is 32.6 Å². The van der Waals surface area contributed by atoms with Crippen molar-refractivity contribution < 1.29 is 8.42 Å². The normalized spacial score (nSPS) is 26.6. The molecule has 1 fully saturated rings. The first-order valence-corrected chi connectivity index (χ1v) is 6.45. The van der Waals surface area contributed by atoms with Gasteiger partial charge >= 0.3 is 0 Å². The smallest absolute Gasteiger partial charge is 0.206 e. The van der Waals surface area contributed by atoms with E-state index < -0.39 is 10.0 Å². The lowest BCUT2D eigenvalue weighted by molar-refractivity contribution is 0.589. The van der Waals surface area contributed by atoms with Crippen molar-refractivity contribution in [2.45, 2.75) is 32.6 Å². The summed E-state index contributed by atoms with van der Waals surface area (Å²) in [6, 6.07) is 0. The molecule has 1 aliphatic carbocycles. The molecular formula is C8H16N2O2S. The highest BCUT2D eigenvalue weighted by atomic mass is 32.2. The molecule has 0 radical (unpaired) electrons. The number of rotatable bonds is 3. The summed E-state index contributed by atoms with van der Waals surface area (Å²) in [5, 5.41) is 3.93. The maximum absolute atomic E-state index is 10.8. The predicted molar refractivity (Wildman–Crippen MR) is 53.0 cm³/mol. The van der Waals surface area contributed by atoms with Gasteiger partial charge in [0.05, 0.1) is 6.26 Å². The summed E-state index contributed by atoms with van der Waals surface area (Å²) >= 11 is 0. The van der Waals surface area contributed by atoms with Crippen LogP contribution in [0.25, 0.3) is 0 Å². The van der Waals surface area contributed by atoms with Gasteiger partial charge in [-0.25, -0.2) is 13.2 Å². The van der Waals surface area contributed by atoms with Crippen molar-refractivity contribution in [2.75, 3.05) is 6.26 Å². The van der Waals surface area contributed by atoms with Crippen molar-refractivity contribution in [3.05, 3.63) is 0 Å². The summed E-state index contributed by atoms with van der Waals surface area (Å²) in [6.45, 7) is 2.10. The molecule has 5 heteroatoms. The van der Waals surface area contributed by atoms with Gasteiger partial charge in [0.1, 0.15) is 0 Å². The predicted octanol–water partition coefficient (Wildman–Crippen LogP) is 1.10. The van der Waals surface area contributed by atoms with Gasteiger partial charge in [0, 0.05) is 5.71 Å². The van der Waals surface area contributed by atoms with Gasteiger partial charge in [0.2, 0.25) is 10.0 Å². The minimum absolute atomic E-state index is 0.481. The average Bonchev–Trinajstić information content (AvgIpc) is 2.46. The van der Waals surface area contributed by atoms with Crippen LogP contribution in [-0.4, -0.2) is 20.4 Å². The van der Waals surface area contributed by atoms with Gasteiger partial charge in [-0.1, -0.05) is 6.92 Å². The monoisotopic (exact) mass is 204 g/mol. The van der Waals surface area contributed by atoms with E-state index in [2.05, 4.69) is 16.9 Å². The lowest BCUT2D eigenvalue weighted by atomic mass is 10.0. The SMILES string of the molecule is CCC1CCC/C1=N/NS(C)(=O)=O. The molecule has 1 unspecified atom stereocenters. The Balaban J connectivity index is 2.60. The van der Waals surface area contributed by atoms with E-state index in [0.29, 0.717) is 5.92 Å². The first-order valence-electron chi connectivity index (χ1n) is 4.56. The third kappa shape index (κ3) is 3.34. The second-order valence-corrected chi connectivity index (χ2v) is 5.19. The minimum Gasteiger partial charge on any atom is -0.206 e. The summed E-state index contributed by atoms with van der Waals surface area (Å²) in [4.78, 5) is 2.19. The maximum Gasteiger partial charge on any atom is 0.244 e. The topological polar surface area (TPSA) is 58.5 Å². The molecule has 1 saturated carbocycles. The second-order valence-electron chi connectivity index (χ2n) is 3.46. The molecule has 0 bridgehead atoms. The second kappa shape index (κ2) is 4.09. The molecule has 0 aromatic rings. The molecule has 0 aliphatic heterocycles. The number of hydrogen-bond donors (Lipinski definition) is 1. The zero-order valence-corrected chi connectivity index (χ0v) is 8.89. The highest BCUT2D eigenvalue weighted by molar-refractivity contribution is 7.88. The fourth-order valence-corrected chi connectivity index (χ4v) is 1.91. The molecule has 0 aromatic heterocycles. The molecule has 1 atom stereocenters. The molecule has 4 nitrogen and oxygen atoms in total. The van der Waals surface area contributed by atoms with E-state index in [4.69, 9.17) is 0 Å². The average molecular weight is 204 g/mol. The van der Waals surface area contributed by atoms with Crippen LogP contribution < -0.4 is 4.83 Å². The van der Waals surface area contributed by atoms with Crippen LogP contribution >= 0.6 is 0 Å². The van der Waals surface area contributed by atoms with Gasteiger partial charge < -0.3 is 0 Å². The van der Waals surface area contributed by atoms with E-state index in [1.54, 1.807) is 0 Å². The Hall–Kier alpha value is -0.580. The summed E-state index contributed by atoms with van der Waals surface area (Å²) in [6.07, 6.45) is 5.36. The van der Waals surface area contributed by atoms with E-state index in [9.17, 15) is 8.42 Å². The molecule has 1 N–H and O–H groups in total. The van der Waals surface area contributed by atoms with Gasteiger partial charge in [-0.3, -0.25) is 0 Å². The largest absolute Gasteiger partial charge is 0.244 e. The van der Waals surface area contributed by atoms with Gasteiger partial charge in [-0.15, -0.1) is 0 Å². The third-order valence-corrected chi connectivity index (χ3v) is 2.73. The van der Waals surface area contributed by atoms with Crippen molar-refractivity contribution in [1.29, 1.82) is 0 Å². The van der Waals surface area contributed by atoms with Crippen LogP contribution in [0, 0.1) is 5.92 Å². The Morgan fingerprint density at radius 2 is 2.31 bits per heavy atom. The van der Waals surface area contributed by atoms with Crippen molar-refractivity contribution in [1.82, 2.24) is 4.83 Å². The first-order chi connectivity index (χ1) is 6.03. The third-order valence-electron chi connectivity index (χ3n) is 2.30. The van der Waals surface area contributed by atoms with Crippen molar-refractivity contribution in [2.24, 2.45) is 11.0 Å². The van der Waals surface area contributed by atoms with E-state index >= 15 is 0 Å². The highest BCUT2D eigenvalue weighted by Gasteiger charge is 2.20. The number of hydrogen-bond acceptors (Lipinski definition) is 3. The van der Waals surface area contributed by atoms with Crippen LogP contribution in [0.4, 0.5) is 0 Å². The van der Waals surface area contributed by atoms with Crippen LogP contribution in [0.15, 0.2) is 5.10 Å². The quantitative estimate of drug-likeness (QED) is 0.700. The molecule has 1 rings (SSSR count). The van der Waals surface area contributed by atoms with Crippen molar-refractivity contribution in [3.63, 3.8) is 0 Å². The summed E-state index contributed by atoms with van der Waals surface area (Å²) < 4.78 is 21.5. The Labute approximate surface area is 79.5 Å². The molecule has 0 spiro atoms. The Bertz CT molecular complexity index is 295. The summed E-state index contributed by atoms with van der Waals surface area (Å²) in [5.74, 6) is 0.481. The van der Waals surface area contributed by atoms with Crippen LogP contribution in [0.2, 0.25) is 0 Å². The lowest BCUT2D eigenvalue weighted by Crippen LogP contribution is -2.19. The fraction of sp³-hybridized carbons (Fsp3) is 0.875. The van der Waals surface area contributed by atoms with Crippen molar-refractivity contribution >= 4 is 15.7 Å². The van der Waals surface area contributed by atoms with Gasteiger partial charge in [-0.05, 0) is 31.6 Å². The first kappa shape index (κ1) is 10.5. The van der Waals surface area contributed by atoms with Gasteiger partial charge in [0.25, 0.3) is 0 Å². The molecule has 0 saturated heterocycles.